The van der Waals surface area contributed by atoms with E-state index in [4.69, 9.17) is 15.3 Å². The minimum absolute atomic E-state index is 0.235. The number of hydrogen-bond donors (Lipinski definition) is 4. The Balaban J connectivity index is 4.50. The van der Waals surface area contributed by atoms with Crippen LogP contribution in [0.4, 0.5) is 0 Å². The van der Waals surface area contributed by atoms with Crippen molar-refractivity contribution in [3.05, 3.63) is 0 Å². The Morgan fingerprint density at radius 1 is 0.840 bits per heavy atom. The van der Waals surface area contributed by atoms with Crippen LogP contribution in [0.25, 0.3) is 0 Å². The fourth-order valence-electron chi connectivity index (χ4n) is 2.76. The van der Waals surface area contributed by atoms with E-state index < -0.39 is 17.9 Å². The lowest BCUT2D eigenvalue weighted by atomic mass is 10.0. The van der Waals surface area contributed by atoms with Gasteiger partial charge in [-0.25, -0.2) is 0 Å². The van der Waals surface area contributed by atoms with Crippen molar-refractivity contribution in [3.63, 3.8) is 0 Å². The van der Waals surface area contributed by atoms with E-state index in [2.05, 4.69) is 12.2 Å². The minimum Gasteiger partial charge on any atom is -0.480 e. The molecule has 0 bridgehead atoms. The maximum absolute atomic E-state index is 11.0. The Hall–Kier alpha value is -1.67. The molecule has 0 fully saturated rings. The molecule has 0 saturated carbocycles. The summed E-state index contributed by atoms with van der Waals surface area (Å²) in [6, 6.07) is -0.317. The normalized spacial score (nSPS) is 12.2. The smallest absolute Gasteiger partial charge is 0.317 e. The summed E-state index contributed by atoms with van der Waals surface area (Å²) >= 11 is 0. The summed E-state index contributed by atoms with van der Waals surface area (Å²) in [6.45, 7) is 1.43. The summed E-state index contributed by atoms with van der Waals surface area (Å²) < 4.78 is 0. The lowest BCUT2D eigenvalue weighted by molar-refractivity contribution is -0.143. The number of rotatable bonds is 17. The molecule has 0 saturated heterocycles. The van der Waals surface area contributed by atoms with E-state index >= 15 is 0 Å². The molecule has 0 aromatic rings. The van der Waals surface area contributed by atoms with E-state index in [-0.39, 0.29) is 32.2 Å². The molecule has 0 aliphatic rings. The zero-order chi connectivity index (χ0) is 19.1. The second kappa shape index (κ2) is 14.7. The highest BCUT2D eigenvalue weighted by Gasteiger charge is 2.23. The number of carbonyl (C=O) groups is 3. The number of nitrogens with zero attached hydrogens (tertiary/aromatic N) is 1. The fraction of sp³-hybridized carbons (Fsp3) is 0.824. The predicted molar refractivity (Wildman–Crippen MR) is 93.7 cm³/mol. The average Bonchev–Trinajstić information content (AvgIpc) is 2.50. The molecule has 0 rings (SSSR count). The molecule has 0 radical (unpaired) electrons. The molecular formula is C17H32N2O6. The molecule has 0 aliphatic heterocycles. The first-order valence-electron chi connectivity index (χ1n) is 8.97. The first-order chi connectivity index (χ1) is 11.9. The molecule has 1 unspecified atom stereocenters. The summed E-state index contributed by atoms with van der Waals surface area (Å²) in [5.74, 6) is -3.19. The van der Waals surface area contributed by atoms with Crippen LogP contribution < -0.4 is 5.32 Å². The molecule has 8 nitrogen and oxygen atoms in total. The van der Waals surface area contributed by atoms with Gasteiger partial charge in [-0.05, 0) is 6.42 Å². The van der Waals surface area contributed by atoms with Crippen molar-refractivity contribution in [2.24, 2.45) is 0 Å². The van der Waals surface area contributed by atoms with Crippen LogP contribution in [0, 0.1) is 0 Å². The van der Waals surface area contributed by atoms with Crippen molar-refractivity contribution in [2.45, 2.75) is 64.3 Å². The monoisotopic (exact) mass is 360 g/mol. The van der Waals surface area contributed by atoms with Crippen LogP contribution in [0.5, 0.6) is 0 Å². The number of nitrogens with one attached hydrogen (secondary N) is 1. The summed E-state index contributed by atoms with van der Waals surface area (Å²) in [5, 5.41) is 29.5. The maximum Gasteiger partial charge on any atom is 0.317 e. The van der Waals surface area contributed by atoms with E-state index in [0.717, 1.165) is 19.3 Å². The Kier molecular flexibility index (Phi) is 13.7. The Labute approximate surface area is 149 Å². The van der Waals surface area contributed by atoms with Crippen LogP contribution in [0.3, 0.4) is 0 Å². The van der Waals surface area contributed by atoms with Crippen molar-refractivity contribution in [3.8, 4) is 0 Å². The lowest BCUT2D eigenvalue weighted by Crippen LogP contribution is -2.47. The third-order valence-electron chi connectivity index (χ3n) is 3.99. The largest absolute Gasteiger partial charge is 0.480 e. The molecule has 0 aromatic carbocycles. The molecule has 8 heteroatoms. The fourth-order valence-corrected chi connectivity index (χ4v) is 2.76. The van der Waals surface area contributed by atoms with Gasteiger partial charge in [-0.15, -0.1) is 0 Å². The second-order valence-corrected chi connectivity index (χ2v) is 6.28. The zero-order valence-corrected chi connectivity index (χ0v) is 15.1. The Bertz CT molecular complexity index is 387. The molecule has 0 aromatic heterocycles. The Morgan fingerprint density at radius 2 is 1.36 bits per heavy atom. The zero-order valence-electron chi connectivity index (χ0n) is 15.1. The molecule has 4 N–H and O–H groups in total. The highest BCUT2D eigenvalue weighted by molar-refractivity contribution is 5.72. The average molecular weight is 360 g/mol. The van der Waals surface area contributed by atoms with E-state index in [0.29, 0.717) is 6.42 Å². The van der Waals surface area contributed by atoms with Crippen molar-refractivity contribution in [2.75, 3.05) is 26.2 Å². The highest BCUT2D eigenvalue weighted by atomic mass is 16.4. The Morgan fingerprint density at radius 3 is 1.84 bits per heavy atom. The first kappa shape index (κ1) is 23.3. The van der Waals surface area contributed by atoms with Gasteiger partial charge in [-0.2, -0.15) is 0 Å². The minimum atomic E-state index is -1.09. The van der Waals surface area contributed by atoms with Gasteiger partial charge in [0.25, 0.3) is 0 Å². The third-order valence-corrected chi connectivity index (χ3v) is 3.99. The number of aliphatic carboxylic acids is 3. The molecule has 0 spiro atoms. The van der Waals surface area contributed by atoms with Crippen molar-refractivity contribution in [1.29, 1.82) is 0 Å². The van der Waals surface area contributed by atoms with Crippen molar-refractivity contribution in [1.82, 2.24) is 10.2 Å². The van der Waals surface area contributed by atoms with Crippen LogP contribution in [0.1, 0.15) is 58.3 Å². The second-order valence-electron chi connectivity index (χ2n) is 6.28. The molecule has 1 atom stereocenters. The van der Waals surface area contributed by atoms with E-state index in [1.807, 2.05) is 0 Å². The molecular weight excluding hydrogens is 328 g/mol. The van der Waals surface area contributed by atoms with Gasteiger partial charge in [0.05, 0.1) is 19.6 Å². The summed E-state index contributed by atoms with van der Waals surface area (Å²) in [5.41, 5.74) is 0. The number of carboxylic acid groups (broad SMARTS) is 3. The van der Waals surface area contributed by atoms with Gasteiger partial charge in [-0.3, -0.25) is 19.3 Å². The topological polar surface area (TPSA) is 127 Å². The maximum atomic E-state index is 11.0. The predicted octanol–water partition coefficient (Wildman–Crippen LogP) is 1.64. The van der Waals surface area contributed by atoms with Gasteiger partial charge in [0.2, 0.25) is 0 Å². The molecule has 146 valence electrons. The van der Waals surface area contributed by atoms with E-state index in [9.17, 15) is 14.4 Å². The van der Waals surface area contributed by atoms with E-state index in [1.165, 1.54) is 30.6 Å². The summed E-state index contributed by atoms with van der Waals surface area (Å²) in [4.78, 5) is 34.0. The van der Waals surface area contributed by atoms with Gasteiger partial charge in [0.1, 0.15) is 0 Å². The summed E-state index contributed by atoms with van der Waals surface area (Å²) in [7, 11) is 0. The molecule has 0 aliphatic carbocycles. The van der Waals surface area contributed by atoms with Crippen LogP contribution in [0.2, 0.25) is 0 Å². The van der Waals surface area contributed by atoms with Crippen molar-refractivity contribution >= 4 is 17.9 Å². The lowest BCUT2D eigenvalue weighted by Gasteiger charge is -2.29. The number of carboxylic acids is 3. The van der Waals surface area contributed by atoms with Crippen LogP contribution in [-0.4, -0.2) is 70.3 Å². The van der Waals surface area contributed by atoms with Gasteiger partial charge in [0.15, 0.2) is 0 Å². The van der Waals surface area contributed by atoms with Gasteiger partial charge < -0.3 is 20.6 Å². The van der Waals surface area contributed by atoms with Gasteiger partial charge in [-0.1, -0.05) is 51.9 Å². The summed E-state index contributed by atoms with van der Waals surface area (Å²) in [6.07, 6.45) is 8.42. The highest BCUT2D eigenvalue weighted by Crippen LogP contribution is 2.13. The number of hydrogen-bond acceptors (Lipinski definition) is 5. The quantitative estimate of drug-likeness (QED) is 0.288. The molecule has 0 heterocycles. The van der Waals surface area contributed by atoms with Crippen LogP contribution in [-0.2, 0) is 14.4 Å². The van der Waals surface area contributed by atoms with Gasteiger partial charge in [0, 0.05) is 12.6 Å². The third kappa shape index (κ3) is 14.4. The van der Waals surface area contributed by atoms with Gasteiger partial charge >= 0.3 is 17.9 Å². The molecule has 0 amide bonds. The molecule has 25 heavy (non-hydrogen) atoms. The SMILES string of the molecule is CCCCCCCCCC(CNCC(=O)O)N(CC(=O)O)CC(=O)O. The number of unbranched alkanes of at least 4 members (excludes halogenated alkanes) is 6. The van der Waals surface area contributed by atoms with Crippen LogP contribution in [0.15, 0.2) is 0 Å². The van der Waals surface area contributed by atoms with Crippen LogP contribution >= 0.6 is 0 Å². The van der Waals surface area contributed by atoms with E-state index in [1.54, 1.807) is 0 Å². The van der Waals surface area contributed by atoms with Crippen molar-refractivity contribution < 1.29 is 29.7 Å². The first-order valence-corrected chi connectivity index (χ1v) is 8.97. The standard InChI is InChI=1S/C17H32N2O6/c1-2-3-4-5-6-7-8-9-14(10-18-11-15(20)21)19(12-16(22)23)13-17(24)25/h14,18H,2-13H2,1H3,(H,20,21)(H,22,23)(H,24,25).